The third-order valence-corrected chi connectivity index (χ3v) is 4.48. The fraction of sp³-hybridized carbons (Fsp3) is 0.611. The summed E-state index contributed by atoms with van der Waals surface area (Å²) in [5.41, 5.74) is 1.31. The van der Waals surface area contributed by atoms with Crippen LogP contribution in [0.1, 0.15) is 44.6 Å². The molecule has 3 heteroatoms. The Balaban J connectivity index is 1.63. The average molecular weight is 288 g/mol. The van der Waals surface area contributed by atoms with E-state index < -0.39 is 0 Å². The largest absolute Gasteiger partial charge is 0.355 e. The van der Waals surface area contributed by atoms with Gasteiger partial charge in [0, 0.05) is 19.0 Å². The number of aryl methyl sites for hydroxylation is 1. The van der Waals surface area contributed by atoms with Crippen LogP contribution in [0.5, 0.6) is 0 Å². The van der Waals surface area contributed by atoms with Gasteiger partial charge in [0.05, 0.1) is 0 Å². The minimum absolute atomic E-state index is 0.188. The summed E-state index contributed by atoms with van der Waals surface area (Å²) in [6.45, 7) is 4.11. The first-order chi connectivity index (χ1) is 10.3. The molecule has 2 rings (SSSR count). The lowest BCUT2D eigenvalue weighted by molar-refractivity contribution is -0.121. The van der Waals surface area contributed by atoms with Crippen LogP contribution in [-0.4, -0.2) is 25.0 Å². The molecule has 0 spiro atoms. The lowest BCUT2D eigenvalue weighted by atomic mass is 9.88. The van der Waals surface area contributed by atoms with Crippen LogP contribution < -0.4 is 10.6 Å². The summed E-state index contributed by atoms with van der Waals surface area (Å²) in [6.07, 6.45) is 6.27. The molecular weight excluding hydrogens is 260 g/mol. The highest BCUT2D eigenvalue weighted by Crippen LogP contribution is 2.19. The third-order valence-electron chi connectivity index (χ3n) is 4.48. The van der Waals surface area contributed by atoms with E-state index in [0.717, 1.165) is 25.9 Å². The summed E-state index contributed by atoms with van der Waals surface area (Å²) in [7, 11) is 0. The van der Waals surface area contributed by atoms with Gasteiger partial charge in [0.2, 0.25) is 5.91 Å². The summed E-state index contributed by atoms with van der Waals surface area (Å²) < 4.78 is 0. The minimum Gasteiger partial charge on any atom is -0.355 e. The highest BCUT2D eigenvalue weighted by molar-refractivity contribution is 5.75. The zero-order valence-electron chi connectivity index (χ0n) is 13.1. The van der Waals surface area contributed by atoms with Crippen LogP contribution in [0.2, 0.25) is 0 Å². The standard InChI is InChI=1S/C18H28N2O/c1-2-16-11-7-13-19-17(16)14-20-18(21)12-6-10-15-8-4-3-5-9-15/h3-5,8-9,16-17,19H,2,6-7,10-14H2,1H3,(H,20,21). The quantitative estimate of drug-likeness (QED) is 0.810. The van der Waals surface area contributed by atoms with Crippen LogP contribution in [0.15, 0.2) is 30.3 Å². The van der Waals surface area contributed by atoms with Crippen LogP contribution in [0.4, 0.5) is 0 Å². The molecule has 1 aromatic carbocycles. The number of nitrogens with one attached hydrogen (secondary N) is 2. The topological polar surface area (TPSA) is 41.1 Å². The van der Waals surface area contributed by atoms with Gasteiger partial charge in [-0.25, -0.2) is 0 Å². The summed E-state index contributed by atoms with van der Waals surface area (Å²) in [4.78, 5) is 11.9. The Kier molecular flexibility index (Phi) is 6.74. The summed E-state index contributed by atoms with van der Waals surface area (Å²) in [6, 6.07) is 10.8. The van der Waals surface area contributed by atoms with Gasteiger partial charge >= 0.3 is 0 Å². The van der Waals surface area contributed by atoms with Gasteiger partial charge < -0.3 is 10.6 Å². The highest BCUT2D eigenvalue weighted by atomic mass is 16.1. The first-order valence-corrected chi connectivity index (χ1v) is 8.33. The number of benzene rings is 1. The van der Waals surface area contributed by atoms with E-state index in [9.17, 15) is 4.79 Å². The molecule has 1 heterocycles. The lowest BCUT2D eigenvalue weighted by Gasteiger charge is -2.32. The van der Waals surface area contributed by atoms with Crippen molar-refractivity contribution in [2.45, 2.75) is 51.5 Å². The Morgan fingerprint density at radius 1 is 1.33 bits per heavy atom. The maximum atomic E-state index is 11.9. The molecule has 1 saturated heterocycles. The van der Waals surface area contributed by atoms with Crippen molar-refractivity contribution in [1.29, 1.82) is 0 Å². The van der Waals surface area contributed by atoms with Crippen LogP contribution in [0.3, 0.4) is 0 Å². The summed E-state index contributed by atoms with van der Waals surface area (Å²) >= 11 is 0. The number of carbonyl (C=O) groups is 1. The molecule has 0 saturated carbocycles. The number of hydrogen-bond donors (Lipinski definition) is 2. The molecule has 2 N–H and O–H groups in total. The number of piperidine rings is 1. The normalized spacial score (nSPS) is 22.0. The molecule has 0 bridgehead atoms. The molecule has 1 aromatic rings. The minimum atomic E-state index is 0.188. The number of hydrogen-bond acceptors (Lipinski definition) is 2. The monoisotopic (exact) mass is 288 g/mol. The molecule has 2 atom stereocenters. The molecule has 0 aromatic heterocycles. The molecule has 1 aliphatic heterocycles. The fourth-order valence-electron chi connectivity index (χ4n) is 3.16. The van der Waals surface area contributed by atoms with Crippen molar-refractivity contribution in [1.82, 2.24) is 10.6 Å². The van der Waals surface area contributed by atoms with Crippen molar-refractivity contribution in [3.05, 3.63) is 35.9 Å². The highest BCUT2D eigenvalue weighted by Gasteiger charge is 2.23. The van der Waals surface area contributed by atoms with E-state index in [1.807, 2.05) is 6.07 Å². The van der Waals surface area contributed by atoms with Crippen LogP contribution in [-0.2, 0) is 11.2 Å². The predicted octanol–water partition coefficient (Wildman–Crippen LogP) is 2.90. The van der Waals surface area contributed by atoms with Crippen LogP contribution in [0, 0.1) is 5.92 Å². The number of carbonyl (C=O) groups excluding carboxylic acids is 1. The van der Waals surface area contributed by atoms with Gasteiger partial charge in [-0.3, -0.25) is 4.79 Å². The number of rotatable bonds is 7. The average Bonchev–Trinajstić information content (AvgIpc) is 2.54. The number of amides is 1. The molecule has 1 aliphatic rings. The van der Waals surface area contributed by atoms with Crippen molar-refractivity contribution in [3.8, 4) is 0 Å². The molecule has 1 amide bonds. The Morgan fingerprint density at radius 3 is 2.90 bits per heavy atom. The lowest BCUT2D eigenvalue weighted by Crippen LogP contribution is -2.48. The first-order valence-electron chi connectivity index (χ1n) is 8.33. The van der Waals surface area contributed by atoms with E-state index in [1.165, 1.54) is 24.8 Å². The van der Waals surface area contributed by atoms with E-state index in [2.05, 4.69) is 41.8 Å². The second kappa shape index (κ2) is 8.83. The van der Waals surface area contributed by atoms with Gasteiger partial charge in [0.15, 0.2) is 0 Å². The summed E-state index contributed by atoms with van der Waals surface area (Å²) in [5, 5.41) is 6.64. The van der Waals surface area contributed by atoms with Gasteiger partial charge in [-0.2, -0.15) is 0 Å². The van der Waals surface area contributed by atoms with Gasteiger partial charge in [0.1, 0.15) is 0 Å². The molecule has 0 radical (unpaired) electrons. The second-order valence-electron chi connectivity index (χ2n) is 6.01. The van der Waals surface area contributed by atoms with Crippen molar-refractivity contribution >= 4 is 5.91 Å². The van der Waals surface area contributed by atoms with Gasteiger partial charge in [-0.1, -0.05) is 43.7 Å². The molecule has 1 fully saturated rings. The van der Waals surface area contributed by atoms with E-state index in [4.69, 9.17) is 0 Å². The van der Waals surface area contributed by atoms with Crippen molar-refractivity contribution < 1.29 is 4.79 Å². The Hall–Kier alpha value is -1.35. The van der Waals surface area contributed by atoms with E-state index in [0.29, 0.717) is 18.4 Å². The Labute approximate surface area is 128 Å². The maximum Gasteiger partial charge on any atom is 0.220 e. The van der Waals surface area contributed by atoms with E-state index in [-0.39, 0.29) is 5.91 Å². The van der Waals surface area contributed by atoms with Crippen molar-refractivity contribution in [3.63, 3.8) is 0 Å². The van der Waals surface area contributed by atoms with Crippen LogP contribution in [0.25, 0.3) is 0 Å². The second-order valence-corrected chi connectivity index (χ2v) is 6.01. The third kappa shape index (κ3) is 5.50. The van der Waals surface area contributed by atoms with Crippen molar-refractivity contribution in [2.24, 2.45) is 5.92 Å². The molecule has 116 valence electrons. The predicted molar refractivity (Wildman–Crippen MR) is 87.2 cm³/mol. The smallest absolute Gasteiger partial charge is 0.220 e. The zero-order chi connectivity index (χ0) is 14.9. The van der Waals surface area contributed by atoms with Gasteiger partial charge in [-0.05, 0) is 43.7 Å². The fourth-order valence-corrected chi connectivity index (χ4v) is 3.16. The van der Waals surface area contributed by atoms with Crippen LogP contribution >= 0.6 is 0 Å². The molecular formula is C18H28N2O. The van der Waals surface area contributed by atoms with E-state index >= 15 is 0 Å². The maximum absolute atomic E-state index is 11.9. The molecule has 21 heavy (non-hydrogen) atoms. The van der Waals surface area contributed by atoms with Crippen molar-refractivity contribution in [2.75, 3.05) is 13.1 Å². The molecule has 3 nitrogen and oxygen atoms in total. The SMILES string of the molecule is CCC1CCCNC1CNC(=O)CCCc1ccccc1. The van der Waals surface area contributed by atoms with Gasteiger partial charge in [-0.15, -0.1) is 0 Å². The Morgan fingerprint density at radius 2 is 2.14 bits per heavy atom. The first kappa shape index (κ1) is 16.0. The molecule has 2 unspecified atom stereocenters. The zero-order valence-corrected chi connectivity index (χ0v) is 13.1. The van der Waals surface area contributed by atoms with Gasteiger partial charge in [0.25, 0.3) is 0 Å². The Bertz CT molecular complexity index is 418. The summed E-state index contributed by atoms with van der Waals surface area (Å²) in [5.74, 6) is 0.900. The molecule has 0 aliphatic carbocycles. The van der Waals surface area contributed by atoms with E-state index in [1.54, 1.807) is 0 Å².